The third kappa shape index (κ3) is 6.02. The lowest BCUT2D eigenvalue weighted by Crippen LogP contribution is -2.35. The van der Waals surface area contributed by atoms with Gasteiger partial charge in [-0.15, -0.1) is 0 Å². The Labute approximate surface area is 186 Å². The second kappa shape index (κ2) is 10.7. The van der Waals surface area contributed by atoms with Crippen molar-refractivity contribution in [2.75, 3.05) is 23.4 Å². The van der Waals surface area contributed by atoms with Gasteiger partial charge in [0.15, 0.2) is 0 Å². The van der Waals surface area contributed by atoms with E-state index >= 15 is 0 Å². The van der Waals surface area contributed by atoms with Crippen molar-refractivity contribution in [2.45, 2.75) is 6.92 Å². The van der Waals surface area contributed by atoms with Crippen molar-refractivity contribution in [3.63, 3.8) is 0 Å². The zero-order valence-electron chi connectivity index (χ0n) is 16.5. The molecule has 154 valence electrons. The van der Waals surface area contributed by atoms with Crippen LogP contribution >= 0.6 is 23.2 Å². The number of amides is 2. The molecule has 3 aromatic rings. The second-order valence-electron chi connectivity index (χ2n) is 6.40. The first-order chi connectivity index (χ1) is 14.6. The molecule has 0 unspecified atom stereocenters. The molecule has 0 aliphatic carbocycles. The van der Waals surface area contributed by atoms with Gasteiger partial charge in [0.25, 0.3) is 0 Å². The zero-order valence-corrected chi connectivity index (χ0v) is 18.0. The largest absolute Gasteiger partial charge is 0.494 e. The van der Waals surface area contributed by atoms with Crippen LogP contribution in [0.5, 0.6) is 5.75 Å². The molecule has 6 heteroatoms. The van der Waals surface area contributed by atoms with E-state index in [-0.39, 0.29) is 6.03 Å². The first-order valence-corrected chi connectivity index (χ1v) is 10.3. The second-order valence-corrected chi connectivity index (χ2v) is 7.25. The van der Waals surface area contributed by atoms with E-state index < -0.39 is 0 Å². The lowest BCUT2D eigenvalue weighted by molar-refractivity contribution is 0.257. The van der Waals surface area contributed by atoms with E-state index in [0.717, 1.165) is 17.0 Å². The maximum absolute atomic E-state index is 13.1. The number of hydrogen-bond acceptors (Lipinski definition) is 2. The van der Waals surface area contributed by atoms with E-state index in [1.165, 1.54) is 0 Å². The summed E-state index contributed by atoms with van der Waals surface area (Å²) in [6.07, 6.45) is 3.92. The van der Waals surface area contributed by atoms with Crippen LogP contribution in [0.3, 0.4) is 0 Å². The summed E-state index contributed by atoms with van der Waals surface area (Å²) in [7, 11) is 0. The van der Waals surface area contributed by atoms with Crippen LogP contribution in [0.25, 0.3) is 6.08 Å². The van der Waals surface area contributed by atoms with Gasteiger partial charge < -0.3 is 10.1 Å². The molecule has 0 atom stereocenters. The van der Waals surface area contributed by atoms with Gasteiger partial charge >= 0.3 is 6.03 Å². The highest BCUT2D eigenvalue weighted by Crippen LogP contribution is 2.27. The fourth-order valence-electron chi connectivity index (χ4n) is 2.83. The highest BCUT2D eigenvalue weighted by Gasteiger charge is 2.16. The summed E-state index contributed by atoms with van der Waals surface area (Å²) in [5, 5.41) is 3.74. The first kappa shape index (κ1) is 21.8. The lowest BCUT2D eigenvalue weighted by atomic mass is 10.2. The quantitative estimate of drug-likeness (QED) is 0.423. The number of halogens is 2. The Hall–Kier alpha value is -2.95. The summed E-state index contributed by atoms with van der Waals surface area (Å²) < 4.78 is 5.50. The van der Waals surface area contributed by atoms with E-state index in [2.05, 4.69) is 5.32 Å². The van der Waals surface area contributed by atoms with Crippen LogP contribution in [0.15, 0.2) is 78.9 Å². The number of carbonyl (C=O) groups is 1. The fraction of sp³-hybridized carbons (Fsp3) is 0.125. The zero-order chi connectivity index (χ0) is 21.3. The van der Waals surface area contributed by atoms with Crippen LogP contribution in [0.2, 0.25) is 10.0 Å². The summed E-state index contributed by atoms with van der Waals surface area (Å²) in [4.78, 5) is 14.7. The van der Waals surface area contributed by atoms with Gasteiger partial charge in [-0.2, -0.15) is 0 Å². The van der Waals surface area contributed by atoms with Crippen LogP contribution < -0.4 is 15.0 Å². The molecular weight excluding hydrogens is 419 g/mol. The number of nitrogens with one attached hydrogen (secondary N) is 1. The minimum absolute atomic E-state index is 0.305. The number of urea groups is 1. The fourth-order valence-corrected chi connectivity index (χ4v) is 3.28. The molecule has 0 radical (unpaired) electrons. The molecule has 0 heterocycles. The molecule has 3 aromatic carbocycles. The minimum Gasteiger partial charge on any atom is -0.494 e. The number of rotatable bonds is 7. The van der Waals surface area contributed by atoms with E-state index in [4.69, 9.17) is 27.9 Å². The molecule has 0 aliphatic rings. The molecule has 0 saturated carbocycles. The Balaban J connectivity index is 1.81. The van der Waals surface area contributed by atoms with E-state index in [0.29, 0.717) is 28.9 Å². The highest BCUT2D eigenvalue weighted by atomic mass is 35.5. The first-order valence-electron chi connectivity index (χ1n) is 9.55. The van der Waals surface area contributed by atoms with Crippen molar-refractivity contribution < 1.29 is 9.53 Å². The third-order valence-electron chi connectivity index (χ3n) is 4.28. The summed E-state index contributed by atoms with van der Waals surface area (Å²) in [6.45, 7) is 2.89. The van der Waals surface area contributed by atoms with Crippen molar-refractivity contribution in [3.8, 4) is 5.75 Å². The average Bonchev–Trinajstić information content (AvgIpc) is 2.75. The van der Waals surface area contributed by atoms with Gasteiger partial charge in [0, 0.05) is 17.3 Å². The molecule has 0 aromatic heterocycles. The van der Waals surface area contributed by atoms with Crippen LogP contribution in [0, 0.1) is 0 Å². The molecule has 3 rings (SSSR count). The molecule has 0 bridgehead atoms. The molecule has 2 amide bonds. The normalized spacial score (nSPS) is 10.8. The Morgan fingerprint density at radius 3 is 2.43 bits per heavy atom. The number of anilines is 2. The Bertz CT molecular complexity index is 1010. The van der Waals surface area contributed by atoms with Gasteiger partial charge in [-0.25, -0.2) is 4.79 Å². The summed E-state index contributed by atoms with van der Waals surface area (Å²) in [5.41, 5.74) is 2.29. The SMILES string of the molecule is CCOc1ccc(N(C/C=C/c2ccccc2)C(=O)Nc2ccc(Cl)cc2Cl)cc1. The van der Waals surface area contributed by atoms with Crippen molar-refractivity contribution in [2.24, 2.45) is 0 Å². The molecule has 0 saturated heterocycles. The Morgan fingerprint density at radius 1 is 1.03 bits per heavy atom. The van der Waals surface area contributed by atoms with Gasteiger partial charge in [0.05, 0.1) is 17.3 Å². The van der Waals surface area contributed by atoms with Crippen molar-refractivity contribution in [1.29, 1.82) is 0 Å². The van der Waals surface area contributed by atoms with Crippen molar-refractivity contribution in [1.82, 2.24) is 0 Å². The van der Waals surface area contributed by atoms with Crippen LogP contribution in [-0.4, -0.2) is 19.2 Å². The van der Waals surface area contributed by atoms with Crippen LogP contribution in [-0.2, 0) is 0 Å². The number of nitrogens with zero attached hydrogens (tertiary/aromatic N) is 1. The Kier molecular flexibility index (Phi) is 7.77. The summed E-state index contributed by atoms with van der Waals surface area (Å²) >= 11 is 12.2. The van der Waals surface area contributed by atoms with E-state index in [9.17, 15) is 4.79 Å². The predicted octanol–water partition coefficient (Wildman–Crippen LogP) is 7.14. The minimum atomic E-state index is -0.305. The van der Waals surface area contributed by atoms with Crippen LogP contribution in [0.4, 0.5) is 16.2 Å². The predicted molar refractivity (Wildman–Crippen MR) is 126 cm³/mol. The Morgan fingerprint density at radius 2 is 1.77 bits per heavy atom. The summed E-state index contributed by atoms with van der Waals surface area (Å²) in [5.74, 6) is 0.752. The van der Waals surface area contributed by atoms with Gasteiger partial charge in [-0.1, -0.05) is 65.7 Å². The standard InChI is InChI=1S/C24H22Cl2N2O2/c1-2-30-21-13-11-20(12-14-21)28(16-6-9-18-7-4-3-5-8-18)24(29)27-23-15-10-19(25)17-22(23)26/h3-15,17H,2,16H2,1H3,(H,27,29)/b9-6+. The van der Waals surface area contributed by atoms with Gasteiger partial charge in [-0.05, 0) is 55.0 Å². The topological polar surface area (TPSA) is 41.6 Å². The maximum atomic E-state index is 13.1. The lowest BCUT2D eigenvalue weighted by Gasteiger charge is -2.22. The van der Waals surface area contributed by atoms with E-state index in [1.807, 2.05) is 73.7 Å². The number of hydrogen-bond donors (Lipinski definition) is 1. The smallest absolute Gasteiger partial charge is 0.326 e. The molecule has 1 N–H and O–H groups in total. The number of ether oxygens (including phenoxy) is 1. The molecule has 0 fully saturated rings. The van der Waals surface area contributed by atoms with Gasteiger partial charge in [0.2, 0.25) is 0 Å². The molecule has 0 spiro atoms. The van der Waals surface area contributed by atoms with Crippen molar-refractivity contribution >= 4 is 46.7 Å². The third-order valence-corrected chi connectivity index (χ3v) is 4.82. The van der Waals surface area contributed by atoms with E-state index in [1.54, 1.807) is 23.1 Å². The van der Waals surface area contributed by atoms with Gasteiger partial charge in [0.1, 0.15) is 5.75 Å². The molecule has 4 nitrogen and oxygen atoms in total. The van der Waals surface area contributed by atoms with Crippen molar-refractivity contribution in [3.05, 3.63) is 94.5 Å². The monoisotopic (exact) mass is 440 g/mol. The number of benzene rings is 3. The average molecular weight is 441 g/mol. The van der Waals surface area contributed by atoms with Crippen LogP contribution in [0.1, 0.15) is 12.5 Å². The molecule has 0 aliphatic heterocycles. The molecular formula is C24H22Cl2N2O2. The summed E-state index contributed by atoms with van der Waals surface area (Å²) in [6, 6.07) is 22.0. The maximum Gasteiger partial charge on any atom is 0.326 e. The number of carbonyl (C=O) groups excluding carboxylic acids is 1. The highest BCUT2D eigenvalue weighted by molar-refractivity contribution is 6.36. The molecule has 30 heavy (non-hydrogen) atoms. The van der Waals surface area contributed by atoms with Gasteiger partial charge in [-0.3, -0.25) is 4.90 Å².